The molecule has 1 unspecified atom stereocenters. The van der Waals surface area contributed by atoms with Crippen LogP contribution in [0, 0.1) is 11.3 Å². The lowest BCUT2D eigenvalue weighted by atomic mass is 10.1. The summed E-state index contributed by atoms with van der Waals surface area (Å²) in [6, 6.07) is 10.7. The molecule has 1 heterocycles. The Labute approximate surface area is 121 Å². The molecule has 108 valence electrons. The number of nitriles is 1. The van der Waals surface area contributed by atoms with E-state index in [1.54, 1.807) is 0 Å². The van der Waals surface area contributed by atoms with E-state index in [2.05, 4.69) is 36.2 Å². The third-order valence-electron chi connectivity index (χ3n) is 3.41. The molecule has 4 nitrogen and oxygen atoms in total. The van der Waals surface area contributed by atoms with Crippen LogP contribution in [-0.2, 0) is 0 Å². The molecule has 1 aromatic carbocycles. The molecule has 0 radical (unpaired) electrons. The molecule has 1 aliphatic rings. The summed E-state index contributed by atoms with van der Waals surface area (Å²) < 4.78 is 5.75. The van der Waals surface area contributed by atoms with Crippen molar-refractivity contribution in [1.82, 2.24) is 5.32 Å². The average molecular weight is 273 g/mol. The fourth-order valence-electron chi connectivity index (χ4n) is 2.50. The predicted octanol–water partition coefficient (Wildman–Crippen LogP) is 2.56. The Morgan fingerprint density at radius 3 is 2.95 bits per heavy atom. The summed E-state index contributed by atoms with van der Waals surface area (Å²) in [4.78, 5) is 2.33. The van der Waals surface area contributed by atoms with Crippen molar-refractivity contribution in [2.75, 3.05) is 24.6 Å². The highest BCUT2D eigenvalue weighted by molar-refractivity contribution is 5.58. The number of hydrogen-bond acceptors (Lipinski definition) is 4. The third-order valence-corrected chi connectivity index (χ3v) is 3.41. The monoisotopic (exact) mass is 273 g/mol. The van der Waals surface area contributed by atoms with Crippen molar-refractivity contribution in [2.45, 2.75) is 38.8 Å². The van der Waals surface area contributed by atoms with Gasteiger partial charge in [0.05, 0.1) is 24.4 Å². The number of nitrogens with zero attached hydrogens (tertiary/aromatic N) is 2. The van der Waals surface area contributed by atoms with Crippen LogP contribution in [-0.4, -0.2) is 31.8 Å². The number of para-hydroxylation sites is 2. The van der Waals surface area contributed by atoms with Gasteiger partial charge in [-0.1, -0.05) is 12.1 Å². The van der Waals surface area contributed by atoms with Crippen molar-refractivity contribution in [3.63, 3.8) is 0 Å². The molecule has 0 amide bonds. The first kappa shape index (κ1) is 14.7. The van der Waals surface area contributed by atoms with Crippen LogP contribution in [0.5, 0.6) is 5.75 Å². The Hall–Kier alpha value is -1.73. The molecule has 0 aliphatic carbocycles. The second-order valence-electron chi connectivity index (χ2n) is 5.45. The Morgan fingerprint density at radius 2 is 2.20 bits per heavy atom. The van der Waals surface area contributed by atoms with E-state index < -0.39 is 0 Å². The second kappa shape index (κ2) is 7.16. The standard InChI is InChI=1S/C16H23N3O/c1-13(2)18-14(12-17)8-10-19-9-5-11-20-16-7-4-3-6-15(16)19/h3-4,6-7,13-14,18H,5,8-11H2,1-2H3. The SMILES string of the molecule is CC(C)NC(C#N)CCN1CCCOc2ccccc21. The summed E-state index contributed by atoms with van der Waals surface area (Å²) in [5.74, 6) is 0.954. The van der Waals surface area contributed by atoms with Gasteiger partial charge in [-0.3, -0.25) is 5.32 Å². The zero-order chi connectivity index (χ0) is 14.4. The molecule has 0 bridgehead atoms. The molecule has 0 saturated heterocycles. The number of anilines is 1. The maximum Gasteiger partial charge on any atom is 0.142 e. The molecule has 0 aromatic heterocycles. The van der Waals surface area contributed by atoms with Crippen LogP contribution in [0.2, 0.25) is 0 Å². The lowest BCUT2D eigenvalue weighted by molar-refractivity contribution is 0.322. The normalized spacial score (nSPS) is 16.0. The molecule has 1 atom stereocenters. The predicted molar refractivity (Wildman–Crippen MR) is 81.1 cm³/mol. The Bertz CT molecular complexity index is 467. The van der Waals surface area contributed by atoms with Gasteiger partial charge >= 0.3 is 0 Å². The zero-order valence-electron chi connectivity index (χ0n) is 12.3. The highest BCUT2D eigenvalue weighted by Gasteiger charge is 2.17. The minimum absolute atomic E-state index is 0.0914. The number of fused-ring (bicyclic) bond motifs is 1. The van der Waals surface area contributed by atoms with Crippen molar-refractivity contribution in [2.24, 2.45) is 0 Å². The van der Waals surface area contributed by atoms with E-state index in [0.29, 0.717) is 6.04 Å². The van der Waals surface area contributed by atoms with E-state index in [0.717, 1.165) is 44.0 Å². The average Bonchev–Trinajstić information content (AvgIpc) is 2.65. The van der Waals surface area contributed by atoms with Crippen LogP contribution < -0.4 is 15.0 Å². The molecular formula is C16H23N3O. The summed E-state index contributed by atoms with van der Waals surface area (Å²) in [7, 11) is 0. The summed E-state index contributed by atoms with van der Waals surface area (Å²) in [6.07, 6.45) is 1.84. The molecule has 4 heteroatoms. The lowest BCUT2D eigenvalue weighted by Crippen LogP contribution is -2.37. The van der Waals surface area contributed by atoms with Crippen molar-refractivity contribution in [3.8, 4) is 11.8 Å². The molecule has 1 N–H and O–H groups in total. The van der Waals surface area contributed by atoms with Crippen molar-refractivity contribution in [1.29, 1.82) is 5.26 Å². The Balaban J connectivity index is 2.00. The van der Waals surface area contributed by atoms with Gasteiger partial charge < -0.3 is 9.64 Å². The molecule has 0 spiro atoms. The summed E-state index contributed by atoms with van der Waals surface area (Å²) in [6.45, 7) is 6.76. The fraction of sp³-hybridized carbons (Fsp3) is 0.562. The van der Waals surface area contributed by atoms with E-state index >= 15 is 0 Å². The van der Waals surface area contributed by atoms with E-state index in [9.17, 15) is 5.26 Å². The van der Waals surface area contributed by atoms with Crippen LogP contribution in [0.3, 0.4) is 0 Å². The first-order valence-corrected chi connectivity index (χ1v) is 7.33. The molecule has 20 heavy (non-hydrogen) atoms. The van der Waals surface area contributed by atoms with E-state index in [1.807, 2.05) is 18.2 Å². The largest absolute Gasteiger partial charge is 0.491 e. The first-order valence-electron chi connectivity index (χ1n) is 7.33. The van der Waals surface area contributed by atoms with Gasteiger partial charge in [0.2, 0.25) is 0 Å². The van der Waals surface area contributed by atoms with E-state index in [1.165, 1.54) is 0 Å². The zero-order valence-corrected chi connectivity index (χ0v) is 12.3. The van der Waals surface area contributed by atoms with Crippen molar-refractivity contribution in [3.05, 3.63) is 24.3 Å². The second-order valence-corrected chi connectivity index (χ2v) is 5.45. The molecule has 1 aliphatic heterocycles. The van der Waals surface area contributed by atoms with Gasteiger partial charge in [0.25, 0.3) is 0 Å². The summed E-state index contributed by atoms with van der Waals surface area (Å²) in [5.41, 5.74) is 1.14. The van der Waals surface area contributed by atoms with Gasteiger partial charge in [-0.15, -0.1) is 0 Å². The van der Waals surface area contributed by atoms with Crippen LogP contribution >= 0.6 is 0 Å². The van der Waals surface area contributed by atoms with Gasteiger partial charge in [-0.2, -0.15) is 5.26 Å². The summed E-state index contributed by atoms with van der Waals surface area (Å²) >= 11 is 0. The fourth-order valence-corrected chi connectivity index (χ4v) is 2.50. The highest BCUT2D eigenvalue weighted by atomic mass is 16.5. The maximum atomic E-state index is 9.20. The highest BCUT2D eigenvalue weighted by Crippen LogP contribution is 2.30. The smallest absolute Gasteiger partial charge is 0.142 e. The van der Waals surface area contributed by atoms with Crippen LogP contribution in [0.15, 0.2) is 24.3 Å². The van der Waals surface area contributed by atoms with Gasteiger partial charge in [0, 0.05) is 19.1 Å². The van der Waals surface area contributed by atoms with Gasteiger partial charge in [0.1, 0.15) is 5.75 Å². The minimum Gasteiger partial charge on any atom is -0.491 e. The molecule has 0 fully saturated rings. The van der Waals surface area contributed by atoms with Gasteiger partial charge in [-0.05, 0) is 38.8 Å². The first-order chi connectivity index (χ1) is 9.70. The number of hydrogen-bond donors (Lipinski definition) is 1. The van der Waals surface area contributed by atoms with Crippen LogP contribution in [0.4, 0.5) is 5.69 Å². The number of rotatable bonds is 5. The molecule has 2 rings (SSSR count). The van der Waals surface area contributed by atoms with Gasteiger partial charge in [-0.25, -0.2) is 0 Å². The number of benzene rings is 1. The van der Waals surface area contributed by atoms with E-state index in [4.69, 9.17) is 4.74 Å². The Morgan fingerprint density at radius 1 is 1.40 bits per heavy atom. The van der Waals surface area contributed by atoms with Crippen molar-refractivity contribution < 1.29 is 4.74 Å². The van der Waals surface area contributed by atoms with Crippen LogP contribution in [0.1, 0.15) is 26.7 Å². The maximum absolute atomic E-state index is 9.20. The lowest BCUT2D eigenvalue weighted by Gasteiger charge is -2.25. The number of nitrogens with one attached hydrogen (secondary N) is 1. The van der Waals surface area contributed by atoms with Crippen LogP contribution in [0.25, 0.3) is 0 Å². The minimum atomic E-state index is -0.0914. The molecule has 0 saturated carbocycles. The molecule has 1 aromatic rings. The quantitative estimate of drug-likeness (QED) is 0.895. The van der Waals surface area contributed by atoms with Crippen molar-refractivity contribution >= 4 is 5.69 Å². The topological polar surface area (TPSA) is 48.3 Å². The van der Waals surface area contributed by atoms with Gasteiger partial charge in [0.15, 0.2) is 0 Å². The third kappa shape index (κ3) is 3.88. The molecular weight excluding hydrogens is 250 g/mol. The number of ether oxygens (including phenoxy) is 1. The summed E-state index contributed by atoms with van der Waals surface area (Å²) in [5, 5.41) is 12.5. The Kier molecular flexibility index (Phi) is 5.25. The van der Waals surface area contributed by atoms with E-state index in [-0.39, 0.29) is 6.04 Å².